The van der Waals surface area contributed by atoms with Crippen molar-refractivity contribution in [2.75, 3.05) is 5.32 Å². The van der Waals surface area contributed by atoms with E-state index < -0.39 is 29.4 Å². The summed E-state index contributed by atoms with van der Waals surface area (Å²) in [5, 5.41) is 3.05. The van der Waals surface area contributed by atoms with Crippen molar-refractivity contribution in [1.82, 2.24) is 0 Å². The van der Waals surface area contributed by atoms with Crippen LogP contribution >= 0.6 is 23.2 Å². The van der Waals surface area contributed by atoms with Gasteiger partial charge in [0.2, 0.25) is 0 Å². The highest BCUT2D eigenvalue weighted by atomic mass is 35.5. The van der Waals surface area contributed by atoms with Gasteiger partial charge in [0.25, 0.3) is 5.91 Å². The molecule has 0 spiro atoms. The first kappa shape index (κ1) is 21.0. The molecule has 1 unspecified atom stereocenters. The van der Waals surface area contributed by atoms with Crippen LogP contribution in [0.25, 0.3) is 0 Å². The van der Waals surface area contributed by atoms with Crippen molar-refractivity contribution >= 4 is 40.8 Å². The number of esters is 1. The zero-order valence-electron chi connectivity index (χ0n) is 14.9. The molecule has 144 valence electrons. The molecule has 0 saturated heterocycles. The molecule has 2 rings (SSSR count). The number of rotatable bonds is 6. The van der Waals surface area contributed by atoms with Gasteiger partial charge in [0.1, 0.15) is 11.6 Å². The van der Waals surface area contributed by atoms with E-state index >= 15 is 0 Å². The van der Waals surface area contributed by atoms with E-state index in [1.54, 1.807) is 24.3 Å². The highest BCUT2D eigenvalue weighted by molar-refractivity contribution is 6.33. The van der Waals surface area contributed by atoms with E-state index in [2.05, 4.69) is 5.32 Å². The molecule has 2 aromatic rings. The third kappa shape index (κ3) is 5.84. The minimum absolute atomic E-state index is 0.0354. The Hall–Kier alpha value is -2.31. The number of amides is 1. The maximum Gasteiger partial charge on any atom is 0.350 e. The third-order valence-corrected chi connectivity index (χ3v) is 4.08. The zero-order chi connectivity index (χ0) is 20.2. The molecule has 0 bridgehead atoms. The number of benzene rings is 2. The van der Waals surface area contributed by atoms with E-state index in [4.69, 9.17) is 32.7 Å². The Kier molecular flexibility index (Phi) is 6.68. The molecule has 8 heteroatoms. The van der Waals surface area contributed by atoms with Crippen LogP contribution in [-0.4, -0.2) is 23.6 Å². The number of carbonyl (C=O) groups excluding carboxylic acids is 2. The Labute approximate surface area is 166 Å². The number of ether oxygens (including phenoxy) is 2. The number of anilines is 1. The summed E-state index contributed by atoms with van der Waals surface area (Å²) in [5.74, 6) is -1.44. The summed E-state index contributed by atoms with van der Waals surface area (Å²) >= 11 is 11.7. The number of hydrogen-bond donors (Lipinski definition) is 1. The first-order valence-electron chi connectivity index (χ1n) is 8.00. The normalized spacial score (nSPS) is 12.2. The molecule has 0 aliphatic rings. The third-order valence-electron chi connectivity index (χ3n) is 3.52. The predicted octanol–water partition coefficient (Wildman–Crippen LogP) is 4.86. The Bertz CT molecular complexity index is 840. The highest BCUT2D eigenvalue weighted by Gasteiger charge is 2.34. The maximum atomic E-state index is 13.1. The van der Waals surface area contributed by atoms with E-state index in [1.165, 1.54) is 26.8 Å². The first-order valence-corrected chi connectivity index (χ1v) is 8.75. The second-order valence-corrected chi connectivity index (χ2v) is 7.07. The number of carbonyl (C=O) groups is 2. The summed E-state index contributed by atoms with van der Waals surface area (Å²) in [6, 6.07) is 10.0. The van der Waals surface area contributed by atoms with Gasteiger partial charge in [-0.1, -0.05) is 23.2 Å². The topological polar surface area (TPSA) is 64.6 Å². The molecule has 0 fully saturated rings. The second kappa shape index (κ2) is 8.59. The monoisotopic (exact) mass is 413 g/mol. The van der Waals surface area contributed by atoms with Crippen LogP contribution in [0.4, 0.5) is 10.1 Å². The molecule has 0 radical (unpaired) electrons. The molecule has 1 N–H and O–H groups in total. The van der Waals surface area contributed by atoms with Crippen molar-refractivity contribution in [2.45, 2.75) is 32.5 Å². The molecule has 0 aliphatic carbocycles. The van der Waals surface area contributed by atoms with Crippen LogP contribution in [0.5, 0.6) is 5.75 Å². The Morgan fingerprint density at radius 2 is 1.74 bits per heavy atom. The van der Waals surface area contributed by atoms with Gasteiger partial charge in [-0.05, 0) is 63.2 Å². The molecule has 0 heterocycles. The van der Waals surface area contributed by atoms with Crippen molar-refractivity contribution < 1.29 is 23.5 Å². The first-order chi connectivity index (χ1) is 12.6. The molecule has 1 atom stereocenters. The molecule has 1 amide bonds. The lowest BCUT2D eigenvalue weighted by molar-refractivity contribution is -0.166. The lowest BCUT2D eigenvalue weighted by atomic mass is 10.1. The van der Waals surface area contributed by atoms with Crippen LogP contribution in [0, 0.1) is 5.82 Å². The maximum absolute atomic E-state index is 13.1. The van der Waals surface area contributed by atoms with Crippen LogP contribution in [-0.2, 0) is 14.3 Å². The van der Waals surface area contributed by atoms with Gasteiger partial charge in [0, 0.05) is 5.02 Å². The Morgan fingerprint density at radius 1 is 1.11 bits per heavy atom. The van der Waals surface area contributed by atoms with Crippen molar-refractivity contribution in [2.24, 2.45) is 0 Å². The summed E-state index contributed by atoms with van der Waals surface area (Å²) < 4.78 is 23.9. The highest BCUT2D eigenvalue weighted by Crippen LogP contribution is 2.24. The number of nitrogens with one attached hydrogen (secondary N) is 1. The zero-order valence-corrected chi connectivity index (χ0v) is 16.4. The van der Waals surface area contributed by atoms with E-state index in [9.17, 15) is 14.0 Å². The van der Waals surface area contributed by atoms with Crippen LogP contribution < -0.4 is 10.1 Å². The van der Waals surface area contributed by atoms with Crippen LogP contribution in [0.1, 0.15) is 20.8 Å². The van der Waals surface area contributed by atoms with E-state index in [1.807, 2.05) is 0 Å². The fourth-order valence-corrected chi connectivity index (χ4v) is 2.36. The van der Waals surface area contributed by atoms with Crippen LogP contribution in [0.15, 0.2) is 42.5 Å². The van der Waals surface area contributed by atoms with Gasteiger partial charge in [-0.2, -0.15) is 0 Å². The molecule has 2 aromatic carbocycles. The molecular weight excluding hydrogens is 396 g/mol. The Balaban J connectivity index is 1.98. The molecule has 0 saturated carbocycles. The average molecular weight is 414 g/mol. The summed E-state index contributed by atoms with van der Waals surface area (Å²) in [4.78, 5) is 24.6. The van der Waals surface area contributed by atoms with E-state index in [0.717, 1.165) is 12.1 Å². The smallest absolute Gasteiger partial charge is 0.350 e. The van der Waals surface area contributed by atoms with Gasteiger partial charge in [0.05, 0.1) is 10.7 Å². The molecule has 0 aromatic heterocycles. The fourth-order valence-electron chi connectivity index (χ4n) is 2.02. The van der Waals surface area contributed by atoms with E-state index in [0.29, 0.717) is 10.8 Å². The lowest BCUT2D eigenvalue weighted by Gasteiger charge is -2.26. The summed E-state index contributed by atoms with van der Waals surface area (Å²) in [5.41, 5.74) is -1.13. The number of hydrogen-bond acceptors (Lipinski definition) is 4. The van der Waals surface area contributed by atoms with Crippen molar-refractivity contribution in [3.8, 4) is 5.75 Å². The fraction of sp³-hybridized carbons (Fsp3) is 0.263. The van der Waals surface area contributed by atoms with Crippen molar-refractivity contribution in [3.05, 3.63) is 58.3 Å². The minimum Gasteiger partial charge on any atom is -0.476 e. The van der Waals surface area contributed by atoms with Gasteiger partial charge in [0.15, 0.2) is 11.7 Å². The predicted molar refractivity (Wildman–Crippen MR) is 102 cm³/mol. The van der Waals surface area contributed by atoms with E-state index in [-0.39, 0.29) is 10.7 Å². The quantitative estimate of drug-likeness (QED) is 0.686. The summed E-state index contributed by atoms with van der Waals surface area (Å²) in [7, 11) is 0. The van der Waals surface area contributed by atoms with Gasteiger partial charge >= 0.3 is 5.97 Å². The second-order valence-electron chi connectivity index (χ2n) is 6.23. The largest absolute Gasteiger partial charge is 0.476 e. The van der Waals surface area contributed by atoms with Gasteiger partial charge in [-0.25, -0.2) is 9.18 Å². The van der Waals surface area contributed by atoms with Gasteiger partial charge < -0.3 is 14.8 Å². The molecule has 5 nitrogen and oxygen atoms in total. The van der Waals surface area contributed by atoms with Gasteiger partial charge in [-0.15, -0.1) is 0 Å². The molecular formula is C19H18Cl2FNO4. The lowest BCUT2D eigenvalue weighted by Crippen LogP contribution is -2.43. The summed E-state index contributed by atoms with van der Waals surface area (Å²) in [6.07, 6.45) is -1.12. The van der Waals surface area contributed by atoms with Gasteiger partial charge in [-0.3, -0.25) is 4.79 Å². The standard InChI is InChI=1S/C19H18Cl2FNO4/c1-11(17(24)23-16-9-6-13(22)10-15(16)21)26-18(25)19(2,3)27-14-7-4-12(20)5-8-14/h4-11H,1-3H3,(H,23,24). The number of halogens is 3. The molecule has 0 aliphatic heterocycles. The SMILES string of the molecule is CC(OC(=O)C(C)(C)Oc1ccc(Cl)cc1)C(=O)Nc1ccc(F)cc1Cl. The Morgan fingerprint density at radius 3 is 2.33 bits per heavy atom. The minimum atomic E-state index is -1.34. The molecule has 27 heavy (non-hydrogen) atoms. The van der Waals surface area contributed by atoms with Crippen molar-refractivity contribution in [1.29, 1.82) is 0 Å². The average Bonchev–Trinajstić information content (AvgIpc) is 2.59. The van der Waals surface area contributed by atoms with Crippen molar-refractivity contribution in [3.63, 3.8) is 0 Å². The summed E-state index contributed by atoms with van der Waals surface area (Å²) in [6.45, 7) is 4.44. The van der Waals surface area contributed by atoms with Crippen LogP contribution in [0.3, 0.4) is 0 Å². The van der Waals surface area contributed by atoms with Crippen LogP contribution in [0.2, 0.25) is 10.0 Å².